The third-order valence-corrected chi connectivity index (χ3v) is 2.99. The number of nitrogens with one attached hydrogen (secondary N) is 2. The van der Waals surface area contributed by atoms with Crippen molar-refractivity contribution in [3.05, 3.63) is 0 Å². The van der Waals surface area contributed by atoms with Gasteiger partial charge in [0.15, 0.2) is 5.96 Å². The van der Waals surface area contributed by atoms with Crippen molar-refractivity contribution >= 4 is 5.96 Å². The maximum absolute atomic E-state index is 8.77. The molecule has 1 aliphatic carbocycles. The third-order valence-electron chi connectivity index (χ3n) is 2.99. The van der Waals surface area contributed by atoms with E-state index in [-0.39, 0.29) is 6.61 Å². The second-order valence-corrected chi connectivity index (χ2v) is 4.60. The zero-order valence-electron chi connectivity index (χ0n) is 10.5. The normalized spacial score (nSPS) is 26.6. The van der Waals surface area contributed by atoms with Crippen LogP contribution in [0.25, 0.3) is 0 Å². The standard InChI is InChI=1S/C12H25N3O/c1-3-13-12(14-7-8-16)15-11-6-4-5-10(2)9-11/h10-11,16H,3-9H2,1-2H3,(H2,13,14,15). The van der Waals surface area contributed by atoms with Crippen molar-refractivity contribution in [1.82, 2.24) is 10.6 Å². The van der Waals surface area contributed by atoms with Gasteiger partial charge in [0.2, 0.25) is 0 Å². The average molecular weight is 227 g/mol. The minimum Gasteiger partial charge on any atom is -0.394 e. The van der Waals surface area contributed by atoms with E-state index in [0.29, 0.717) is 12.6 Å². The van der Waals surface area contributed by atoms with Gasteiger partial charge >= 0.3 is 0 Å². The van der Waals surface area contributed by atoms with Crippen LogP contribution in [-0.4, -0.2) is 36.8 Å². The summed E-state index contributed by atoms with van der Waals surface area (Å²) in [5.74, 6) is 1.66. The molecule has 0 heterocycles. The Morgan fingerprint density at radius 3 is 2.88 bits per heavy atom. The van der Waals surface area contributed by atoms with Crippen molar-refractivity contribution in [1.29, 1.82) is 0 Å². The zero-order chi connectivity index (χ0) is 11.8. The molecule has 0 bridgehead atoms. The van der Waals surface area contributed by atoms with Gasteiger partial charge in [-0.15, -0.1) is 0 Å². The number of aliphatic hydroxyl groups is 1. The van der Waals surface area contributed by atoms with E-state index in [1.807, 2.05) is 0 Å². The third kappa shape index (κ3) is 4.84. The van der Waals surface area contributed by atoms with Gasteiger partial charge in [-0.25, -0.2) is 0 Å². The summed E-state index contributed by atoms with van der Waals surface area (Å²) in [6.07, 6.45) is 5.11. The SMILES string of the molecule is CCNC(=NCCO)NC1CCCC(C)C1. The van der Waals surface area contributed by atoms with E-state index in [1.165, 1.54) is 25.7 Å². The van der Waals surface area contributed by atoms with E-state index >= 15 is 0 Å². The molecule has 0 aliphatic heterocycles. The van der Waals surface area contributed by atoms with Gasteiger partial charge < -0.3 is 15.7 Å². The molecule has 2 unspecified atom stereocenters. The molecule has 0 spiro atoms. The van der Waals surface area contributed by atoms with E-state index in [0.717, 1.165) is 18.4 Å². The number of aliphatic imine (C=N–C) groups is 1. The molecule has 0 amide bonds. The quantitative estimate of drug-likeness (QED) is 0.498. The first kappa shape index (κ1) is 13.3. The lowest BCUT2D eigenvalue weighted by molar-refractivity contribution is 0.305. The highest BCUT2D eigenvalue weighted by atomic mass is 16.3. The number of guanidine groups is 1. The maximum atomic E-state index is 8.77. The summed E-state index contributed by atoms with van der Waals surface area (Å²) in [6.45, 7) is 5.81. The van der Waals surface area contributed by atoms with Gasteiger partial charge in [0.25, 0.3) is 0 Å². The molecule has 1 fully saturated rings. The minimum absolute atomic E-state index is 0.109. The highest BCUT2D eigenvalue weighted by molar-refractivity contribution is 5.80. The summed E-state index contributed by atoms with van der Waals surface area (Å²) in [7, 11) is 0. The number of hydrogen-bond donors (Lipinski definition) is 3. The molecule has 4 nitrogen and oxygen atoms in total. The molecule has 1 aliphatic rings. The Morgan fingerprint density at radius 1 is 1.44 bits per heavy atom. The van der Waals surface area contributed by atoms with Crippen molar-refractivity contribution in [2.75, 3.05) is 19.7 Å². The van der Waals surface area contributed by atoms with E-state index in [9.17, 15) is 0 Å². The van der Waals surface area contributed by atoms with Crippen LogP contribution < -0.4 is 10.6 Å². The molecule has 0 aromatic carbocycles. The van der Waals surface area contributed by atoms with Crippen LogP contribution in [0.15, 0.2) is 4.99 Å². The molecular formula is C12H25N3O. The Bertz CT molecular complexity index is 218. The van der Waals surface area contributed by atoms with Crippen molar-refractivity contribution in [3.8, 4) is 0 Å². The fraction of sp³-hybridized carbons (Fsp3) is 0.917. The Balaban J connectivity index is 2.40. The van der Waals surface area contributed by atoms with Crippen LogP contribution >= 0.6 is 0 Å². The largest absolute Gasteiger partial charge is 0.394 e. The van der Waals surface area contributed by atoms with Gasteiger partial charge in [0, 0.05) is 12.6 Å². The smallest absolute Gasteiger partial charge is 0.191 e. The molecular weight excluding hydrogens is 202 g/mol. The van der Waals surface area contributed by atoms with Gasteiger partial charge in [0.1, 0.15) is 0 Å². The number of aliphatic hydroxyl groups excluding tert-OH is 1. The van der Waals surface area contributed by atoms with Crippen LogP contribution in [0.5, 0.6) is 0 Å². The van der Waals surface area contributed by atoms with Gasteiger partial charge in [-0.3, -0.25) is 4.99 Å². The van der Waals surface area contributed by atoms with Crippen molar-refractivity contribution in [3.63, 3.8) is 0 Å². The molecule has 4 heteroatoms. The number of hydrogen-bond acceptors (Lipinski definition) is 2. The van der Waals surface area contributed by atoms with Crippen LogP contribution in [0.1, 0.15) is 39.5 Å². The molecule has 0 aromatic heterocycles. The number of nitrogens with zero attached hydrogens (tertiary/aromatic N) is 1. The number of rotatable bonds is 4. The first-order chi connectivity index (χ1) is 7.76. The minimum atomic E-state index is 0.109. The van der Waals surface area contributed by atoms with Gasteiger partial charge in [-0.2, -0.15) is 0 Å². The predicted molar refractivity (Wildman–Crippen MR) is 67.6 cm³/mol. The fourth-order valence-electron chi connectivity index (χ4n) is 2.24. The van der Waals surface area contributed by atoms with Crippen LogP contribution in [0.3, 0.4) is 0 Å². The van der Waals surface area contributed by atoms with Crippen LogP contribution in [-0.2, 0) is 0 Å². The Kier molecular flexibility index (Phi) is 6.23. The summed E-state index contributed by atoms with van der Waals surface area (Å²) >= 11 is 0. The average Bonchev–Trinajstić information content (AvgIpc) is 2.26. The molecule has 16 heavy (non-hydrogen) atoms. The fourth-order valence-corrected chi connectivity index (χ4v) is 2.24. The first-order valence-electron chi connectivity index (χ1n) is 6.42. The van der Waals surface area contributed by atoms with Gasteiger partial charge in [0.05, 0.1) is 13.2 Å². The van der Waals surface area contributed by atoms with E-state index in [4.69, 9.17) is 5.11 Å². The first-order valence-corrected chi connectivity index (χ1v) is 6.42. The summed E-state index contributed by atoms with van der Waals surface area (Å²) < 4.78 is 0. The Labute approximate surface area is 98.5 Å². The molecule has 94 valence electrons. The van der Waals surface area contributed by atoms with E-state index < -0.39 is 0 Å². The second kappa shape index (κ2) is 7.49. The monoisotopic (exact) mass is 227 g/mol. The summed E-state index contributed by atoms with van der Waals surface area (Å²) in [5.41, 5.74) is 0. The summed E-state index contributed by atoms with van der Waals surface area (Å²) in [5, 5.41) is 15.4. The topological polar surface area (TPSA) is 56.7 Å². The molecule has 3 N–H and O–H groups in total. The highest BCUT2D eigenvalue weighted by Crippen LogP contribution is 2.23. The van der Waals surface area contributed by atoms with Crippen LogP contribution in [0.4, 0.5) is 0 Å². The molecule has 0 saturated heterocycles. The lowest BCUT2D eigenvalue weighted by Gasteiger charge is -2.28. The molecule has 0 aromatic rings. The molecule has 1 rings (SSSR count). The molecule has 0 radical (unpaired) electrons. The van der Waals surface area contributed by atoms with Crippen LogP contribution in [0.2, 0.25) is 0 Å². The Hall–Kier alpha value is -0.770. The summed E-state index contributed by atoms with van der Waals surface area (Å²) in [4.78, 5) is 4.30. The summed E-state index contributed by atoms with van der Waals surface area (Å²) in [6, 6.07) is 0.542. The molecule has 1 saturated carbocycles. The van der Waals surface area contributed by atoms with Crippen molar-refractivity contribution < 1.29 is 5.11 Å². The van der Waals surface area contributed by atoms with Crippen molar-refractivity contribution in [2.45, 2.75) is 45.6 Å². The van der Waals surface area contributed by atoms with Crippen molar-refractivity contribution in [2.24, 2.45) is 10.9 Å². The highest BCUT2D eigenvalue weighted by Gasteiger charge is 2.19. The van der Waals surface area contributed by atoms with Gasteiger partial charge in [-0.05, 0) is 25.7 Å². The molecule has 2 atom stereocenters. The predicted octanol–water partition coefficient (Wildman–Crippen LogP) is 1.11. The van der Waals surface area contributed by atoms with E-state index in [1.54, 1.807) is 0 Å². The van der Waals surface area contributed by atoms with Crippen LogP contribution in [0, 0.1) is 5.92 Å². The van der Waals surface area contributed by atoms with E-state index in [2.05, 4.69) is 29.5 Å². The second-order valence-electron chi connectivity index (χ2n) is 4.60. The zero-order valence-corrected chi connectivity index (χ0v) is 10.5. The lowest BCUT2D eigenvalue weighted by atomic mass is 9.87. The Morgan fingerprint density at radius 2 is 2.25 bits per heavy atom. The maximum Gasteiger partial charge on any atom is 0.191 e. The van der Waals surface area contributed by atoms with Gasteiger partial charge in [-0.1, -0.05) is 19.8 Å². The lowest BCUT2D eigenvalue weighted by Crippen LogP contribution is -2.45.